The quantitative estimate of drug-likeness (QED) is 0.703. The summed E-state index contributed by atoms with van der Waals surface area (Å²) in [5.41, 5.74) is 11.1. The third-order valence-electron chi connectivity index (χ3n) is 7.34. The van der Waals surface area contributed by atoms with Crippen molar-refractivity contribution < 1.29 is 32.5 Å². The number of piperidine rings is 1. The molecule has 1 amide bonds. The number of fused-ring (bicyclic) bond motifs is 6. The van der Waals surface area contributed by atoms with E-state index in [0.29, 0.717) is 31.1 Å². The lowest BCUT2D eigenvalue weighted by atomic mass is 9.88. The fourth-order valence-corrected chi connectivity index (χ4v) is 5.77. The minimum atomic E-state index is -2.96. The predicted molar refractivity (Wildman–Crippen MR) is 117 cm³/mol. The zero-order valence-electron chi connectivity index (χ0n) is 19.2. The SMILES string of the molecule is C[C@H]1OCc2c3c(nc(N)c21)CO[C@@H](C(=O)N1CCC[C@@H]2OCc4nc(OC(F)F)ccc4[C@@H]21)C3. The summed E-state index contributed by atoms with van der Waals surface area (Å²) >= 11 is 0. The van der Waals surface area contributed by atoms with Gasteiger partial charge >= 0.3 is 6.61 Å². The maximum atomic E-state index is 13.8. The summed E-state index contributed by atoms with van der Waals surface area (Å²) in [7, 11) is 0. The molecule has 4 atom stereocenters. The zero-order valence-corrected chi connectivity index (χ0v) is 19.2. The largest absolute Gasteiger partial charge is 0.417 e. The number of halogens is 2. The van der Waals surface area contributed by atoms with E-state index in [-0.39, 0.29) is 43.3 Å². The van der Waals surface area contributed by atoms with E-state index in [1.54, 1.807) is 11.0 Å². The lowest BCUT2D eigenvalue weighted by molar-refractivity contribution is -0.157. The number of hydrogen-bond acceptors (Lipinski definition) is 8. The summed E-state index contributed by atoms with van der Waals surface area (Å²) in [5, 5.41) is 0. The van der Waals surface area contributed by atoms with Gasteiger partial charge in [0.25, 0.3) is 5.91 Å². The van der Waals surface area contributed by atoms with Crippen molar-refractivity contribution in [1.82, 2.24) is 14.9 Å². The molecule has 0 aliphatic carbocycles. The predicted octanol–water partition coefficient (Wildman–Crippen LogP) is 2.96. The number of aromatic nitrogens is 2. The number of amides is 1. The molecule has 1 saturated heterocycles. The van der Waals surface area contributed by atoms with Crippen LogP contribution < -0.4 is 10.5 Å². The van der Waals surface area contributed by atoms with Gasteiger partial charge in [-0.1, -0.05) is 0 Å². The fourth-order valence-electron chi connectivity index (χ4n) is 5.77. The first kappa shape index (κ1) is 22.6. The summed E-state index contributed by atoms with van der Waals surface area (Å²) in [4.78, 5) is 24.3. The average Bonchev–Trinajstić information content (AvgIpc) is 3.25. The third kappa shape index (κ3) is 3.82. The molecule has 1 fully saturated rings. The molecule has 0 radical (unpaired) electrons. The summed E-state index contributed by atoms with van der Waals surface area (Å²) in [6.07, 6.45) is 0.977. The molecule has 35 heavy (non-hydrogen) atoms. The number of rotatable bonds is 3. The molecule has 4 aliphatic heterocycles. The Morgan fingerprint density at radius 2 is 1.97 bits per heavy atom. The van der Waals surface area contributed by atoms with Crippen molar-refractivity contribution in [1.29, 1.82) is 0 Å². The number of likely N-dealkylation sites (tertiary alicyclic amines) is 1. The molecule has 2 aromatic rings. The van der Waals surface area contributed by atoms with Crippen LogP contribution in [0.25, 0.3) is 0 Å². The van der Waals surface area contributed by atoms with Gasteiger partial charge in [0.15, 0.2) is 0 Å². The van der Waals surface area contributed by atoms with E-state index in [4.69, 9.17) is 19.9 Å². The Kier molecular flexibility index (Phi) is 5.58. The highest BCUT2D eigenvalue weighted by atomic mass is 19.3. The van der Waals surface area contributed by atoms with Crippen LogP contribution in [-0.4, -0.2) is 46.1 Å². The number of carbonyl (C=O) groups excluding carboxylic acids is 1. The molecule has 186 valence electrons. The number of pyridine rings is 2. The molecule has 0 aromatic carbocycles. The number of hydrogen-bond donors (Lipinski definition) is 1. The van der Waals surface area contributed by atoms with E-state index in [1.807, 2.05) is 6.92 Å². The van der Waals surface area contributed by atoms with Gasteiger partial charge in [-0.25, -0.2) is 9.97 Å². The molecule has 0 spiro atoms. The highest BCUT2D eigenvalue weighted by Gasteiger charge is 2.44. The van der Waals surface area contributed by atoms with Gasteiger partial charge in [-0.15, -0.1) is 0 Å². The normalized spacial score (nSPS) is 27.1. The highest BCUT2D eigenvalue weighted by molar-refractivity contribution is 5.82. The van der Waals surface area contributed by atoms with Crippen LogP contribution in [0.2, 0.25) is 0 Å². The molecule has 2 aromatic heterocycles. The van der Waals surface area contributed by atoms with Crippen LogP contribution >= 0.6 is 0 Å². The second-order valence-corrected chi connectivity index (χ2v) is 9.30. The van der Waals surface area contributed by atoms with Crippen molar-refractivity contribution in [2.45, 2.75) is 77.0 Å². The van der Waals surface area contributed by atoms with Crippen LogP contribution in [0.5, 0.6) is 5.88 Å². The number of nitrogen functional groups attached to an aromatic ring is 1. The fraction of sp³-hybridized carbons (Fsp3) is 0.542. The number of carbonyl (C=O) groups is 1. The molecular formula is C24H26F2N4O5. The number of nitrogens with zero attached hydrogens (tertiary/aromatic N) is 3. The van der Waals surface area contributed by atoms with Crippen LogP contribution in [0.15, 0.2) is 12.1 Å². The Morgan fingerprint density at radius 1 is 1.14 bits per heavy atom. The van der Waals surface area contributed by atoms with Crippen LogP contribution in [0.1, 0.15) is 65.6 Å². The molecule has 9 nitrogen and oxygen atoms in total. The highest BCUT2D eigenvalue weighted by Crippen LogP contribution is 2.42. The number of alkyl halides is 2. The molecule has 0 unspecified atom stereocenters. The molecule has 6 heterocycles. The summed E-state index contributed by atoms with van der Waals surface area (Å²) in [5.74, 6) is 0.153. The Balaban J connectivity index is 1.28. The molecule has 11 heteroatoms. The van der Waals surface area contributed by atoms with Crippen molar-refractivity contribution >= 4 is 11.7 Å². The Morgan fingerprint density at radius 3 is 2.80 bits per heavy atom. The molecule has 0 saturated carbocycles. The van der Waals surface area contributed by atoms with Crippen LogP contribution in [0, 0.1) is 0 Å². The van der Waals surface area contributed by atoms with Crippen molar-refractivity contribution in [3.05, 3.63) is 45.8 Å². The van der Waals surface area contributed by atoms with E-state index < -0.39 is 12.7 Å². The molecule has 0 bridgehead atoms. The van der Waals surface area contributed by atoms with Gasteiger partial charge in [0.05, 0.1) is 49.5 Å². The number of ether oxygens (including phenoxy) is 4. The minimum absolute atomic E-state index is 0.132. The molecule has 4 aliphatic rings. The van der Waals surface area contributed by atoms with Gasteiger partial charge in [-0.3, -0.25) is 4.79 Å². The number of anilines is 1. The Hall–Kier alpha value is -2.89. The van der Waals surface area contributed by atoms with Gasteiger partial charge in [0.2, 0.25) is 5.88 Å². The van der Waals surface area contributed by atoms with Gasteiger partial charge < -0.3 is 29.6 Å². The minimum Gasteiger partial charge on any atom is -0.417 e. The van der Waals surface area contributed by atoms with Gasteiger partial charge in [-0.2, -0.15) is 8.78 Å². The third-order valence-corrected chi connectivity index (χ3v) is 7.34. The lowest BCUT2D eigenvalue weighted by Crippen LogP contribution is -2.52. The monoisotopic (exact) mass is 488 g/mol. The average molecular weight is 488 g/mol. The van der Waals surface area contributed by atoms with E-state index in [9.17, 15) is 13.6 Å². The standard InChI is InChI=1S/C24H26F2N4O5/c1-11-20-14(8-32-11)13-7-18(34-10-16(13)29-22(20)27)23(31)30-6-2-3-17-21(30)12-4-5-19(35-24(25)26)28-15(12)9-33-17/h4-5,11,17-18,21,24H,2-3,6-10H2,1H3,(H2,27,29)/t11-,17+,18-,21+/m1/s1. The van der Waals surface area contributed by atoms with Gasteiger partial charge in [-0.05, 0) is 37.0 Å². The maximum absolute atomic E-state index is 13.8. The first-order chi connectivity index (χ1) is 16.9. The topological polar surface area (TPSA) is 109 Å². The van der Waals surface area contributed by atoms with Crippen molar-refractivity contribution in [2.24, 2.45) is 0 Å². The smallest absolute Gasteiger partial charge is 0.388 e. The van der Waals surface area contributed by atoms with E-state index in [1.165, 1.54) is 6.07 Å². The van der Waals surface area contributed by atoms with Gasteiger partial charge in [0.1, 0.15) is 11.9 Å². The van der Waals surface area contributed by atoms with E-state index >= 15 is 0 Å². The van der Waals surface area contributed by atoms with Crippen molar-refractivity contribution in [2.75, 3.05) is 12.3 Å². The molecule has 6 rings (SSSR count). The van der Waals surface area contributed by atoms with Crippen molar-refractivity contribution in [3.63, 3.8) is 0 Å². The maximum Gasteiger partial charge on any atom is 0.388 e. The van der Waals surface area contributed by atoms with E-state index in [0.717, 1.165) is 40.8 Å². The number of nitrogens with two attached hydrogens (primary N) is 1. The lowest BCUT2D eigenvalue weighted by Gasteiger charge is -2.45. The summed E-state index contributed by atoms with van der Waals surface area (Å²) in [6, 6.07) is 2.76. The van der Waals surface area contributed by atoms with Crippen molar-refractivity contribution in [3.8, 4) is 5.88 Å². The second-order valence-electron chi connectivity index (χ2n) is 9.30. The molecular weight excluding hydrogens is 462 g/mol. The summed E-state index contributed by atoms with van der Waals surface area (Å²) in [6.45, 7) is 0.348. The Labute approximate surface area is 200 Å². The van der Waals surface area contributed by atoms with Crippen LogP contribution in [0.4, 0.5) is 14.6 Å². The Bertz CT molecular complexity index is 1180. The second kappa shape index (κ2) is 8.65. The van der Waals surface area contributed by atoms with E-state index in [2.05, 4.69) is 14.7 Å². The first-order valence-corrected chi connectivity index (χ1v) is 11.8. The zero-order chi connectivity index (χ0) is 24.3. The van der Waals surface area contributed by atoms with Gasteiger partial charge in [0, 0.05) is 30.2 Å². The first-order valence-electron chi connectivity index (χ1n) is 11.8. The van der Waals surface area contributed by atoms with Crippen LogP contribution in [0.3, 0.4) is 0 Å². The molecule has 2 N–H and O–H groups in total. The van der Waals surface area contributed by atoms with Crippen LogP contribution in [-0.2, 0) is 45.2 Å². The summed E-state index contributed by atoms with van der Waals surface area (Å²) < 4.78 is 47.5.